The molecule has 7 rings (SSSR count). The molecule has 4 aliphatic heterocycles. The number of carbonyl (C=O) groups is 2. The standard InChI is InChI=1S/C35H39N3O3/c1-23-18-27(38-17-13-34(2,3)33(38)40)8-9-28(23)24-4-6-25(7-5-24)31(39)21-37-16-10-26-19-32-29(20-30(26)37)35(22-41-32)11-14-36-15-12-35/h4-9,18-20,36H,10-17,21-22H2,1-3H3. The molecule has 6 heteroatoms. The molecule has 0 aromatic heterocycles. The molecule has 2 saturated heterocycles. The van der Waals surface area contributed by atoms with Crippen LogP contribution in [-0.4, -0.2) is 51.0 Å². The molecule has 0 aliphatic carbocycles. The van der Waals surface area contributed by atoms with Gasteiger partial charge >= 0.3 is 0 Å². The number of nitrogens with one attached hydrogen (secondary N) is 1. The molecule has 41 heavy (non-hydrogen) atoms. The summed E-state index contributed by atoms with van der Waals surface area (Å²) in [5, 5.41) is 3.48. The summed E-state index contributed by atoms with van der Waals surface area (Å²) in [6.45, 7) is 11.0. The van der Waals surface area contributed by atoms with Gasteiger partial charge in [0.05, 0.1) is 13.2 Å². The summed E-state index contributed by atoms with van der Waals surface area (Å²) in [6, 6.07) is 18.8. The van der Waals surface area contributed by atoms with Gasteiger partial charge in [-0.3, -0.25) is 9.59 Å². The monoisotopic (exact) mass is 549 g/mol. The van der Waals surface area contributed by atoms with E-state index in [4.69, 9.17) is 4.74 Å². The van der Waals surface area contributed by atoms with Crippen LogP contribution in [0.1, 0.15) is 60.2 Å². The molecular weight excluding hydrogens is 510 g/mol. The van der Waals surface area contributed by atoms with E-state index in [1.807, 2.05) is 49.1 Å². The lowest BCUT2D eigenvalue weighted by atomic mass is 9.74. The second-order valence-electron chi connectivity index (χ2n) is 13.1. The van der Waals surface area contributed by atoms with Crippen molar-refractivity contribution in [1.29, 1.82) is 0 Å². The molecule has 3 aromatic rings. The van der Waals surface area contributed by atoms with Gasteiger partial charge in [-0.25, -0.2) is 0 Å². The number of amides is 1. The zero-order valence-corrected chi connectivity index (χ0v) is 24.4. The van der Waals surface area contributed by atoms with E-state index in [0.29, 0.717) is 6.54 Å². The Morgan fingerprint density at radius 1 is 0.976 bits per heavy atom. The lowest BCUT2D eigenvalue weighted by Crippen LogP contribution is -2.41. The van der Waals surface area contributed by atoms with E-state index in [2.05, 4.69) is 41.4 Å². The number of benzene rings is 3. The molecule has 1 spiro atoms. The van der Waals surface area contributed by atoms with Crippen molar-refractivity contribution in [1.82, 2.24) is 5.32 Å². The van der Waals surface area contributed by atoms with Gasteiger partial charge in [0.25, 0.3) is 0 Å². The van der Waals surface area contributed by atoms with Crippen LogP contribution < -0.4 is 19.9 Å². The van der Waals surface area contributed by atoms with Crippen molar-refractivity contribution in [3.8, 4) is 16.9 Å². The lowest BCUT2D eigenvalue weighted by molar-refractivity contribution is -0.123. The zero-order valence-electron chi connectivity index (χ0n) is 24.4. The van der Waals surface area contributed by atoms with Gasteiger partial charge in [-0.05, 0) is 92.2 Å². The second-order valence-corrected chi connectivity index (χ2v) is 13.1. The minimum Gasteiger partial charge on any atom is -0.492 e. The molecule has 4 heterocycles. The molecule has 1 amide bonds. The first-order chi connectivity index (χ1) is 19.7. The number of carbonyl (C=O) groups excluding carboxylic acids is 2. The number of fused-ring (bicyclic) bond motifs is 3. The molecule has 0 atom stereocenters. The van der Waals surface area contributed by atoms with Crippen LogP contribution in [0.25, 0.3) is 11.1 Å². The number of hydrogen-bond donors (Lipinski definition) is 1. The van der Waals surface area contributed by atoms with E-state index in [0.717, 1.165) is 92.2 Å². The third-order valence-corrected chi connectivity index (χ3v) is 9.97. The summed E-state index contributed by atoms with van der Waals surface area (Å²) in [6.07, 6.45) is 4.02. The molecule has 0 saturated carbocycles. The predicted molar refractivity (Wildman–Crippen MR) is 163 cm³/mol. The van der Waals surface area contributed by atoms with Crippen LogP contribution in [0.2, 0.25) is 0 Å². The summed E-state index contributed by atoms with van der Waals surface area (Å²) >= 11 is 0. The first kappa shape index (κ1) is 26.3. The van der Waals surface area contributed by atoms with Gasteiger partial charge in [-0.1, -0.05) is 44.2 Å². The van der Waals surface area contributed by atoms with E-state index in [1.165, 1.54) is 16.8 Å². The van der Waals surface area contributed by atoms with Crippen molar-refractivity contribution in [3.63, 3.8) is 0 Å². The van der Waals surface area contributed by atoms with Gasteiger partial charge in [-0.15, -0.1) is 0 Å². The Balaban J connectivity index is 1.06. The Bertz CT molecular complexity index is 1530. The summed E-state index contributed by atoms with van der Waals surface area (Å²) in [7, 11) is 0. The minimum atomic E-state index is -0.296. The Labute approximate surface area is 242 Å². The SMILES string of the molecule is Cc1cc(N2CCC(C)(C)C2=O)ccc1-c1ccc(C(=O)CN2CCc3cc4c(cc32)C2(CCNCC2)CO4)cc1. The van der Waals surface area contributed by atoms with Crippen molar-refractivity contribution >= 4 is 23.1 Å². The van der Waals surface area contributed by atoms with Gasteiger partial charge in [0.1, 0.15) is 5.75 Å². The third-order valence-electron chi connectivity index (χ3n) is 9.97. The number of ketones is 1. The van der Waals surface area contributed by atoms with Crippen LogP contribution in [0.5, 0.6) is 5.75 Å². The van der Waals surface area contributed by atoms with Crippen LogP contribution in [0, 0.1) is 12.3 Å². The van der Waals surface area contributed by atoms with Crippen molar-refractivity contribution in [2.45, 2.75) is 51.9 Å². The van der Waals surface area contributed by atoms with Crippen molar-refractivity contribution in [2.75, 3.05) is 49.1 Å². The smallest absolute Gasteiger partial charge is 0.232 e. The van der Waals surface area contributed by atoms with E-state index < -0.39 is 0 Å². The maximum absolute atomic E-state index is 13.4. The van der Waals surface area contributed by atoms with Crippen molar-refractivity contribution in [3.05, 3.63) is 76.9 Å². The number of hydrogen-bond acceptors (Lipinski definition) is 5. The van der Waals surface area contributed by atoms with E-state index in [9.17, 15) is 9.59 Å². The fraction of sp³-hybridized carbons (Fsp3) is 0.429. The first-order valence-corrected chi connectivity index (χ1v) is 15.1. The topological polar surface area (TPSA) is 61.9 Å². The average Bonchev–Trinajstić information content (AvgIpc) is 3.61. The van der Waals surface area contributed by atoms with Gasteiger partial charge < -0.3 is 19.9 Å². The number of anilines is 2. The van der Waals surface area contributed by atoms with E-state index >= 15 is 0 Å². The molecule has 212 valence electrons. The number of aryl methyl sites for hydroxylation is 1. The normalized spacial score (nSPS) is 20.3. The lowest BCUT2D eigenvalue weighted by Gasteiger charge is -2.33. The third kappa shape index (κ3) is 4.44. The zero-order chi connectivity index (χ0) is 28.4. The maximum Gasteiger partial charge on any atom is 0.232 e. The summed E-state index contributed by atoms with van der Waals surface area (Å²) in [4.78, 5) is 30.4. The van der Waals surface area contributed by atoms with Crippen molar-refractivity contribution < 1.29 is 14.3 Å². The van der Waals surface area contributed by atoms with E-state index in [1.54, 1.807) is 0 Å². The average molecular weight is 550 g/mol. The highest BCUT2D eigenvalue weighted by molar-refractivity contribution is 6.01. The molecule has 0 radical (unpaired) electrons. The highest BCUT2D eigenvalue weighted by Gasteiger charge is 2.43. The van der Waals surface area contributed by atoms with Gasteiger partial charge in [0.2, 0.25) is 5.91 Å². The number of rotatable bonds is 5. The molecule has 3 aromatic carbocycles. The van der Waals surface area contributed by atoms with Gasteiger partial charge in [-0.2, -0.15) is 0 Å². The Morgan fingerprint density at radius 2 is 1.76 bits per heavy atom. The Kier molecular flexibility index (Phi) is 6.23. The predicted octanol–water partition coefficient (Wildman–Crippen LogP) is 5.68. The van der Waals surface area contributed by atoms with Crippen LogP contribution in [0.3, 0.4) is 0 Å². The first-order valence-electron chi connectivity index (χ1n) is 15.1. The largest absolute Gasteiger partial charge is 0.492 e. The second kappa shape index (κ2) is 9.73. The quantitative estimate of drug-likeness (QED) is 0.415. The van der Waals surface area contributed by atoms with Crippen LogP contribution >= 0.6 is 0 Å². The molecule has 6 nitrogen and oxygen atoms in total. The number of nitrogens with zero attached hydrogens (tertiary/aromatic N) is 2. The number of ether oxygens (including phenoxy) is 1. The molecule has 2 fully saturated rings. The van der Waals surface area contributed by atoms with Crippen LogP contribution in [-0.2, 0) is 16.6 Å². The van der Waals surface area contributed by atoms with Gasteiger partial charge in [0.15, 0.2) is 5.78 Å². The minimum absolute atomic E-state index is 0.112. The molecule has 4 aliphatic rings. The van der Waals surface area contributed by atoms with Crippen LogP contribution in [0.15, 0.2) is 54.6 Å². The molecule has 0 bridgehead atoms. The summed E-state index contributed by atoms with van der Waals surface area (Å²) in [5.74, 6) is 1.38. The number of piperidine rings is 1. The fourth-order valence-electron chi connectivity index (χ4n) is 7.24. The highest BCUT2D eigenvalue weighted by atomic mass is 16.5. The molecule has 0 unspecified atom stereocenters. The molecule has 1 N–H and O–H groups in total. The van der Waals surface area contributed by atoms with Crippen LogP contribution in [0.4, 0.5) is 11.4 Å². The highest BCUT2D eigenvalue weighted by Crippen LogP contribution is 2.48. The van der Waals surface area contributed by atoms with Gasteiger partial charge in [0, 0.05) is 46.4 Å². The van der Waals surface area contributed by atoms with E-state index in [-0.39, 0.29) is 22.5 Å². The summed E-state index contributed by atoms with van der Waals surface area (Å²) in [5.41, 5.74) is 8.66. The fourth-order valence-corrected chi connectivity index (χ4v) is 7.24. The van der Waals surface area contributed by atoms with Crippen molar-refractivity contribution in [2.24, 2.45) is 5.41 Å². The maximum atomic E-state index is 13.4. The molecular formula is C35H39N3O3. The summed E-state index contributed by atoms with van der Waals surface area (Å²) < 4.78 is 6.17. The Morgan fingerprint density at radius 3 is 2.46 bits per heavy atom. The Hall–Kier alpha value is -3.64. The number of Topliss-reactive ketones (excluding diaryl/α,β-unsaturated/α-hetero) is 1.